The first kappa shape index (κ1) is 22.4. The molecule has 0 unspecified atom stereocenters. The zero-order valence-corrected chi connectivity index (χ0v) is 17.4. The summed E-state index contributed by atoms with van der Waals surface area (Å²) < 4.78 is 80.1. The Balaban J connectivity index is 1.52. The molecule has 0 aliphatic carbocycles. The quantitative estimate of drug-likeness (QED) is 0.349. The number of carbonyl (C=O) groups excluding carboxylic acids is 1. The van der Waals surface area contributed by atoms with Crippen LogP contribution in [-0.2, 0) is 22.6 Å². The number of halogens is 4. The van der Waals surface area contributed by atoms with Crippen LogP contribution in [0.5, 0.6) is 0 Å². The van der Waals surface area contributed by atoms with Crippen molar-refractivity contribution in [3.05, 3.63) is 89.8 Å². The van der Waals surface area contributed by atoms with Gasteiger partial charge in [0.05, 0.1) is 20.9 Å². The molecule has 2 heterocycles. The molecule has 12 heteroatoms. The minimum atomic E-state index is -5.05. The average molecular weight is 478 g/mol. The summed E-state index contributed by atoms with van der Waals surface area (Å²) in [6.07, 6.45) is 1.01. The van der Waals surface area contributed by atoms with Crippen molar-refractivity contribution < 1.29 is 30.8 Å². The van der Waals surface area contributed by atoms with Gasteiger partial charge in [0.25, 0.3) is 5.91 Å². The molecule has 0 spiro atoms. The lowest BCUT2D eigenvalue weighted by Gasteiger charge is -2.14. The van der Waals surface area contributed by atoms with Crippen LogP contribution in [0.25, 0.3) is 5.78 Å². The largest absolute Gasteiger partial charge is 0.417 e. The predicted octanol–water partition coefficient (Wildman–Crippen LogP) is 3.65. The summed E-state index contributed by atoms with van der Waals surface area (Å²) in [4.78, 5) is 18.9. The number of amides is 1. The second-order valence-electron chi connectivity index (χ2n) is 6.95. The number of rotatable bonds is 5. The van der Waals surface area contributed by atoms with E-state index in [4.69, 9.17) is 0 Å². The van der Waals surface area contributed by atoms with Gasteiger partial charge >= 0.3 is 6.18 Å². The fourth-order valence-electron chi connectivity index (χ4n) is 3.09. The Labute approximate surface area is 184 Å². The second-order valence-corrected chi connectivity index (χ2v) is 8.86. The van der Waals surface area contributed by atoms with Crippen molar-refractivity contribution in [2.45, 2.75) is 22.5 Å². The predicted molar refractivity (Wildman–Crippen MR) is 107 cm³/mol. The summed E-state index contributed by atoms with van der Waals surface area (Å²) in [5.41, 5.74) is -0.799. The van der Waals surface area contributed by atoms with Gasteiger partial charge in [0.15, 0.2) is 0 Å². The molecular weight excluding hydrogens is 464 g/mol. The number of imidazole rings is 1. The maximum absolute atomic E-state index is 13.3. The summed E-state index contributed by atoms with van der Waals surface area (Å²) >= 11 is 0. The number of nitrogens with one attached hydrogen (secondary N) is 1. The molecule has 0 aliphatic rings. The van der Waals surface area contributed by atoms with Crippen molar-refractivity contribution in [1.29, 1.82) is 0 Å². The molecule has 2 aromatic carbocycles. The minimum absolute atomic E-state index is 0.0332. The zero-order valence-electron chi connectivity index (χ0n) is 16.5. The molecule has 0 bridgehead atoms. The highest BCUT2D eigenvalue weighted by atomic mass is 32.2. The summed E-state index contributed by atoms with van der Waals surface area (Å²) in [7, 11) is -4.57. The van der Waals surface area contributed by atoms with Crippen molar-refractivity contribution >= 4 is 21.5 Å². The smallest absolute Gasteiger partial charge is 0.348 e. The molecule has 0 fully saturated rings. The lowest BCUT2D eigenvalue weighted by Crippen LogP contribution is -2.23. The van der Waals surface area contributed by atoms with Crippen LogP contribution < -0.4 is 5.32 Å². The number of alkyl halides is 3. The number of aromatic nitrogens is 3. The molecule has 1 amide bonds. The molecule has 0 radical (unpaired) electrons. The Bertz CT molecular complexity index is 1450. The summed E-state index contributed by atoms with van der Waals surface area (Å²) in [5, 5.41) is 2.64. The molecule has 2 aromatic heterocycles. The number of hydrogen-bond donors (Lipinski definition) is 1. The van der Waals surface area contributed by atoms with Gasteiger partial charge in [-0.05, 0) is 35.9 Å². The van der Waals surface area contributed by atoms with Crippen LogP contribution in [0, 0.1) is 5.82 Å². The molecule has 170 valence electrons. The van der Waals surface area contributed by atoms with E-state index in [1.54, 1.807) is 16.8 Å². The van der Waals surface area contributed by atoms with Gasteiger partial charge in [-0.1, -0.05) is 12.1 Å². The normalized spacial score (nSPS) is 12.1. The Hall–Kier alpha value is -3.80. The lowest BCUT2D eigenvalue weighted by molar-refractivity contribution is -0.140. The van der Waals surface area contributed by atoms with E-state index in [0.29, 0.717) is 23.5 Å². The highest BCUT2D eigenvalue weighted by Gasteiger charge is 2.38. The van der Waals surface area contributed by atoms with Gasteiger partial charge in [0.2, 0.25) is 15.6 Å². The third-order valence-electron chi connectivity index (χ3n) is 4.73. The third-order valence-corrected chi connectivity index (χ3v) is 6.56. The van der Waals surface area contributed by atoms with E-state index in [2.05, 4.69) is 15.3 Å². The number of fused-ring (bicyclic) bond motifs is 1. The molecule has 4 rings (SSSR count). The van der Waals surface area contributed by atoms with Gasteiger partial charge in [-0.2, -0.15) is 13.2 Å². The zero-order chi connectivity index (χ0) is 23.8. The second kappa shape index (κ2) is 8.28. The van der Waals surface area contributed by atoms with E-state index in [0.717, 1.165) is 12.1 Å². The average Bonchev–Trinajstić information content (AvgIpc) is 3.25. The van der Waals surface area contributed by atoms with Gasteiger partial charge < -0.3 is 5.32 Å². The number of nitrogens with zero attached hydrogens (tertiary/aromatic N) is 3. The maximum atomic E-state index is 13.3. The standard InChI is InChI=1S/C21H14F4N4O3S/c22-15-3-6-18(17(9-15)21(23,24)25)33(31,32)16-4-1-13(2-5-16)10-27-19(30)14-11-28-20-26-7-8-29(20)12-14/h1-9,11-12H,10H2,(H,27,30). The van der Waals surface area contributed by atoms with Crippen molar-refractivity contribution in [3.8, 4) is 0 Å². The van der Waals surface area contributed by atoms with Crippen LogP contribution in [-0.4, -0.2) is 28.7 Å². The van der Waals surface area contributed by atoms with E-state index in [1.165, 1.54) is 24.5 Å². The molecular formula is C21H14F4N4O3S. The van der Waals surface area contributed by atoms with Crippen LogP contribution in [0.2, 0.25) is 0 Å². The van der Waals surface area contributed by atoms with E-state index in [9.17, 15) is 30.8 Å². The first-order valence-corrected chi connectivity index (χ1v) is 10.8. The maximum Gasteiger partial charge on any atom is 0.417 e. The fourth-order valence-corrected chi connectivity index (χ4v) is 4.55. The van der Waals surface area contributed by atoms with Crippen LogP contribution in [0.4, 0.5) is 17.6 Å². The highest BCUT2D eigenvalue weighted by molar-refractivity contribution is 7.91. The molecule has 0 saturated heterocycles. The SMILES string of the molecule is O=C(NCc1ccc(S(=O)(=O)c2ccc(F)cc2C(F)(F)F)cc1)c1cnc2nccn2c1. The van der Waals surface area contributed by atoms with Gasteiger partial charge in [0.1, 0.15) is 5.82 Å². The number of carbonyl (C=O) groups is 1. The van der Waals surface area contributed by atoms with Gasteiger partial charge in [-0.15, -0.1) is 0 Å². The molecule has 0 saturated carbocycles. The lowest BCUT2D eigenvalue weighted by atomic mass is 10.2. The van der Waals surface area contributed by atoms with Crippen LogP contribution in [0.15, 0.2) is 77.0 Å². The van der Waals surface area contributed by atoms with Crippen LogP contribution >= 0.6 is 0 Å². The molecule has 33 heavy (non-hydrogen) atoms. The Morgan fingerprint density at radius 1 is 1.06 bits per heavy atom. The molecule has 0 atom stereocenters. The van der Waals surface area contributed by atoms with Crippen molar-refractivity contribution in [3.63, 3.8) is 0 Å². The number of benzene rings is 2. The Morgan fingerprint density at radius 2 is 1.79 bits per heavy atom. The molecule has 7 nitrogen and oxygen atoms in total. The monoisotopic (exact) mass is 478 g/mol. The van der Waals surface area contributed by atoms with E-state index in [-0.39, 0.29) is 18.2 Å². The van der Waals surface area contributed by atoms with Crippen molar-refractivity contribution in [2.24, 2.45) is 0 Å². The van der Waals surface area contributed by atoms with E-state index in [1.807, 2.05) is 0 Å². The van der Waals surface area contributed by atoms with Crippen molar-refractivity contribution in [1.82, 2.24) is 19.7 Å². The highest BCUT2D eigenvalue weighted by Crippen LogP contribution is 2.36. The Morgan fingerprint density at radius 3 is 2.48 bits per heavy atom. The minimum Gasteiger partial charge on any atom is -0.348 e. The van der Waals surface area contributed by atoms with Gasteiger partial charge in [0, 0.05) is 31.3 Å². The third kappa shape index (κ3) is 4.55. The van der Waals surface area contributed by atoms with Crippen LogP contribution in [0.1, 0.15) is 21.5 Å². The van der Waals surface area contributed by atoms with Gasteiger partial charge in [-0.25, -0.2) is 22.8 Å². The van der Waals surface area contributed by atoms with Crippen molar-refractivity contribution in [2.75, 3.05) is 0 Å². The number of hydrogen-bond acceptors (Lipinski definition) is 5. The number of sulfone groups is 1. The molecule has 4 aromatic rings. The first-order chi connectivity index (χ1) is 15.6. The summed E-state index contributed by atoms with van der Waals surface area (Å²) in [6.45, 7) is 0.0332. The first-order valence-electron chi connectivity index (χ1n) is 9.33. The summed E-state index contributed by atoms with van der Waals surface area (Å²) in [5.74, 6) is -1.20. The fraction of sp³-hybridized carbons (Fsp3) is 0.0952. The Kier molecular flexibility index (Phi) is 5.62. The topological polar surface area (TPSA) is 93.4 Å². The van der Waals surface area contributed by atoms with Gasteiger partial charge in [-0.3, -0.25) is 9.20 Å². The summed E-state index contributed by atoms with van der Waals surface area (Å²) in [6, 6.07) is 6.36. The van der Waals surface area contributed by atoms with Crippen LogP contribution in [0.3, 0.4) is 0 Å². The van der Waals surface area contributed by atoms with E-state index >= 15 is 0 Å². The molecule has 1 N–H and O–H groups in total. The van der Waals surface area contributed by atoms with E-state index < -0.39 is 43.1 Å². The molecule has 0 aliphatic heterocycles.